The lowest BCUT2D eigenvalue weighted by Crippen LogP contribution is -2.32. The van der Waals surface area contributed by atoms with Gasteiger partial charge in [0.1, 0.15) is 0 Å². The van der Waals surface area contributed by atoms with Gasteiger partial charge in [0.25, 0.3) is 11.8 Å². The van der Waals surface area contributed by atoms with E-state index in [4.69, 9.17) is 0 Å². The molecule has 0 atom stereocenters. The van der Waals surface area contributed by atoms with Crippen molar-refractivity contribution in [2.24, 2.45) is 0 Å². The van der Waals surface area contributed by atoms with Crippen LogP contribution in [0.15, 0.2) is 60.8 Å². The number of carbonyl (C=O) groups excluding carboxylic acids is 2. The minimum Gasteiger partial charge on any atom is -0.339 e. The minimum atomic E-state index is -0.264. The Labute approximate surface area is 164 Å². The standard InChI is InChI=1S/C23H23N3O2/c27-22(19-12-7-9-17-10-8-14-24-21(17)19)25-20-13-4-3-11-18(20)23(28)26-15-5-1-2-6-16-26/h3-4,7-14H,1-2,5-6,15-16H2,(H,25,27). The van der Waals surface area contributed by atoms with Crippen molar-refractivity contribution in [2.75, 3.05) is 18.4 Å². The van der Waals surface area contributed by atoms with Crippen LogP contribution in [0.5, 0.6) is 0 Å². The summed E-state index contributed by atoms with van der Waals surface area (Å²) >= 11 is 0. The maximum Gasteiger partial charge on any atom is 0.257 e. The van der Waals surface area contributed by atoms with Crippen molar-refractivity contribution in [2.45, 2.75) is 25.7 Å². The van der Waals surface area contributed by atoms with Crippen LogP contribution in [0.4, 0.5) is 5.69 Å². The highest BCUT2D eigenvalue weighted by Gasteiger charge is 2.21. The van der Waals surface area contributed by atoms with Gasteiger partial charge in [-0.25, -0.2) is 0 Å². The number of para-hydroxylation sites is 2. The lowest BCUT2D eigenvalue weighted by molar-refractivity contribution is 0.0762. The van der Waals surface area contributed by atoms with Gasteiger partial charge in [-0.15, -0.1) is 0 Å². The summed E-state index contributed by atoms with van der Waals surface area (Å²) in [4.78, 5) is 32.3. The molecule has 2 aromatic carbocycles. The fraction of sp³-hybridized carbons (Fsp3) is 0.261. The fourth-order valence-corrected chi connectivity index (χ4v) is 3.70. The summed E-state index contributed by atoms with van der Waals surface area (Å²) in [6.07, 6.45) is 6.06. The first-order chi connectivity index (χ1) is 13.7. The summed E-state index contributed by atoms with van der Waals surface area (Å²) in [7, 11) is 0. The smallest absolute Gasteiger partial charge is 0.257 e. The van der Waals surface area contributed by atoms with Gasteiger partial charge >= 0.3 is 0 Å². The number of aromatic nitrogens is 1. The molecule has 5 heteroatoms. The maximum absolute atomic E-state index is 13.1. The number of likely N-dealkylation sites (tertiary alicyclic amines) is 1. The van der Waals surface area contributed by atoms with Crippen LogP contribution in [0.25, 0.3) is 10.9 Å². The molecule has 5 nitrogen and oxygen atoms in total. The average molecular weight is 373 g/mol. The zero-order valence-corrected chi connectivity index (χ0v) is 15.7. The van der Waals surface area contributed by atoms with Crippen molar-refractivity contribution in [3.8, 4) is 0 Å². The summed E-state index contributed by atoms with van der Waals surface area (Å²) in [6.45, 7) is 1.54. The molecule has 142 valence electrons. The number of rotatable bonds is 3. The molecule has 1 saturated heterocycles. The molecule has 1 fully saturated rings. The maximum atomic E-state index is 13.1. The summed E-state index contributed by atoms with van der Waals surface area (Å²) in [6, 6.07) is 16.5. The molecule has 0 bridgehead atoms. The van der Waals surface area contributed by atoms with Crippen molar-refractivity contribution < 1.29 is 9.59 Å². The van der Waals surface area contributed by atoms with Gasteiger partial charge in [-0.05, 0) is 37.1 Å². The average Bonchev–Trinajstić information content (AvgIpc) is 3.03. The van der Waals surface area contributed by atoms with Crippen molar-refractivity contribution in [3.05, 3.63) is 71.9 Å². The summed E-state index contributed by atoms with van der Waals surface area (Å²) in [5.74, 6) is -0.283. The Morgan fingerprint density at radius 1 is 0.821 bits per heavy atom. The fourth-order valence-electron chi connectivity index (χ4n) is 3.70. The SMILES string of the molecule is O=C(Nc1ccccc1C(=O)N1CCCCCC1)c1cccc2cccnc12. The molecule has 4 rings (SSSR count). The number of anilines is 1. The predicted octanol–water partition coefficient (Wildman–Crippen LogP) is 4.50. The van der Waals surface area contributed by atoms with Crippen LogP contribution in [0, 0.1) is 0 Å². The number of pyridine rings is 1. The lowest BCUT2D eigenvalue weighted by Gasteiger charge is -2.22. The normalized spacial score (nSPS) is 14.5. The van der Waals surface area contributed by atoms with Crippen molar-refractivity contribution >= 4 is 28.4 Å². The van der Waals surface area contributed by atoms with Crippen LogP contribution in [-0.4, -0.2) is 34.8 Å². The number of fused-ring (bicyclic) bond motifs is 1. The zero-order chi connectivity index (χ0) is 19.3. The minimum absolute atomic E-state index is 0.0196. The summed E-state index contributed by atoms with van der Waals surface area (Å²) in [5, 5.41) is 3.83. The molecule has 0 radical (unpaired) electrons. The Bertz CT molecular complexity index is 1000. The van der Waals surface area contributed by atoms with Crippen LogP contribution in [0.2, 0.25) is 0 Å². The van der Waals surface area contributed by atoms with E-state index in [-0.39, 0.29) is 11.8 Å². The van der Waals surface area contributed by atoms with E-state index < -0.39 is 0 Å². The Hall–Kier alpha value is -3.21. The lowest BCUT2D eigenvalue weighted by atomic mass is 10.1. The summed E-state index contributed by atoms with van der Waals surface area (Å²) in [5.41, 5.74) is 2.22. The number of benzene rings is 2. The van der Waals surface area contributed by atoms with Gasteiger partial charge in [-0.2, -0.15) is 0 Å². The predicted molar refractivity (Wildman–Crippen MR) is 111 cm³/mol. The van der Waals surface area contributed by atoms with Crippen LogP contribution >= 0.6 is 0 Å². The Balaban J connectivity index is 1.61. The van der Waals surface area contributed by atoms with Crippen LogP contribution in [-0.2, 0) is 0 Å². The monoisotopic (exact) mass is 373 g/mol. The van der Waals surface area contributed by atoms with Gasteiger partial charge in [0.2, 0.25) is 0 Å². The third kappa shape index (κ3) is 3.74. The van der Waals surface area contributed by atoms with Gasteiger partial charge in [0, 0.05) is 24.7 Å². The van der Waals surface area contributed by atoms with Crippen molar-refractivity contribution in [3.63, 3.8) is 0 Å². The zero-order valence-electron chi connectivity index (χ0n) is 15.7. The van der Waals surface area contributed by atoms with Crippen molar-refractivity contribution in [1.29, 1.82) is 0 Å². The number of carbonyl (C=O) groups is 2. The van der Waals surface area contributed by atoms with E-state index in [0.29, 0.717) is 22.3 Å². The molecule has 1 N–H and O–H groups in total. The second-order valence-corrected chi connectivity index (χ2v) is 7.09. The molecule has 28 heavy (non-hydrogen) atoms. The molecule has 2 amide bonds. The van der Waals surface area contributed by atoms with Gasteiger partial charge in [-0.3, -0.25) is 14.6 Å². The molecule has 3 aromatic rings. The first-order valence-corrected chi connectivity index (χ1v) is 9.77. The molecule has 2 heterocycles. The molecule has 0 saturated carbocycles. The quantitative estimate of drug-likeness (QED) is 0.735. The van der Waals surface area contributed by atoms with Gasteiger partial charge in [-0.1, -0.05) is 43.2 Å². The van der Waals surface area contributed by atoms with E-state index in [1.807, 2.05) is 41.3 Å². The molecule has 0 unspecified atom stereocenters. The first kappa shape index (κ1) is 18.2. The third-order valence-electron chi connectivity index (χ3n) is 5.18. The number of hydrogen-bond acceptors (Lipinski definition) is 3. The Morgan fingerprint density at radius 3 is 2.36 bits per heavy atom. The van der Waals surface area contributed by atoms with Gasteiger partial charge < -0.3 is 10.2 Å². The molecule has 1 aliphatic heterocycles. The number of nitrogens with zero attached hydrogens (tertiary/aromatic N) is 2. The Kier molecular flexibility index (Phi) is 5.33. The van der Waals surface area contributed by atoms with E-state index in [1.54, 1.807) is 24.4 Å². The summed E-state index contributed by atoms with van der Waals surface area (Å²) < 4.78 is 0. The number of hydrogen-bond donors (Lipinski definition) is 1. The molecular formula is C23H23N3O2. The van der Waals surface area contributed by atoms with E-state index in [0.717, 1.165) is 44.2 Å². The first-order valence-electron chi connectivity index (χ1n) is 9.77. The van der Waals surface area contributed by atoms with Crippen LogP contribution in [0.1, 0.15) is 46.4 Å². The van der Waals surface area contributed by atoms with E-state index in [9.17, 15) is 9.59 Å². The highest BCUT2D eigenvalue weighted by atomic mass is 16.2. The molecule has 1 aliphatic rings. The van der Waals surface area contributed by atoms with E-state index in [2.05, 4.69) is 10.3 Å². The van der Waals surface area contributed by atoms with Gasteiger partial charge in [0.05, 0.1) is 22.3 Å². The van der Waals surface area contributed by atoms with Gasteiger partial charge in [0.15, 0.2) is 0 Å². The van der Waals surface area contributed by atoms with E-state index in [1.165, 1.54) is 0 Å². The Morgan fingerprint density at radius 2 is 1.54 bits per heavy atom. The second kappa shape index (κ2) is 8.21. The van der Waals surface area contributed by atoms with Crippen molar-refractivity contribution in [1.82, 2.24) is 9.88 Å². The highest BCUT2D eigenvalue weighted by Crippen LogP contribution is 2.22. The molecule has 1 aromatic heterocycles. The van der Waals surface area contributed by atoms with E-state index >= 15 is 0 Å². The molecule has 0 aliphatic carbocycles. The van der Waals surface area contributed by atoms with Crippen LogP contribution < -0.4 is 5.32 Å². The topological polar surface area (TPSA) is 62.3 Å². The highest BCUT2D eigenvalue weighted by molar-refractivity contribution is 6.14. The number of nitrogens with one attached hydrogen (secondary N) is 1. The molecular weight excluding hydrogens is 350 g/mol. The van der Waals surface area contributed by atoms with Crippen LogP contribution in [0.3, 0.4) is 0 Å². The molecule has 0 spiro atoms. The second-order valence-electron chi connectivity index (χ2n) is 7.09. The third-order valence-corrected chi connectivity index (χ3v) is 5.18. The number of amides is 2. The largest absolute Gasteiger partial charge is 0.339 e.